The molecule has 0 fully saturated rings. The summed E-state index contributed by atoms with van der Waals surface area (Å²) < 4.78 is 42.4. The van der Waals surface area contributed by atoms with Gasteiger partial charge in [0.15, 0.2) is 0 Å². The molecule has 0 saturated carbocycles. The predicted octanol–water partition coefficient (Wildman–Crippen LogP) is 2.80. The fourth-order valence-electron chi connectivity index (χ4n) is 1.21. The number of halogens is 3. The highest BCUT2D eigenvalue weighted by Crippen LogP contribution is 2.33. The monoisotopic (exact) mass is 294 g/mol. The van der Waals surface area contributed by atoms with E-state index in [1.807, 2.05) is 0 Å². The molecule has 0 aliphatic rings. The summed E-state index contributed by atoms with van der Waals surface area (Å²) in [6.07, 6.45) is -4.31. The Morgan fingerprint density at radius 1 is 1.47 bits per heavy atom. The van der Waals surface area contributed by atoms with E-state index in [2.05, 4.69) is 15.0 Å². The van der Waals surface area contributed by atoms with Gasteiger partial charge < -0.3 is 10.1 Å². The molecule has 0 radical (unpaired) electrons. The Labute approximate surface area is 112 Å². The van der Waals surface area contributed by atoms with E-state index < -0.39 is 17.7 Å². The third kappa shape index (κ3) is 4.98. The summed E-state index contributed by atoms with van der Waals surface area (Å²) in [5.41, 5.74) is -0.771. The number of esters is 1. The number of pyridine rings is 1. The van der Waals surface area contributed by atoms with Crippen LogP contribution >= 0.6 is 11.8 Å². The summed E-state index contributed by atoms with van der Waals surface area (Å²) in [4.78, 5) is 14.9. The molecule has 0 saturated heterocycles. The number of ether oxygens (including phenoxy) is 1. The van der Waals surface area contributed by atoms with Gasteiger partial charge in [0.25, 0.3) is 0 Å². The molecule has 0 aliphatic heterocycles. The minimum Gasteiger partial charge on any atom is -0.469 e. The number of thioether (sulfide) groups is 1. The molecule has 19 heavy (non-hydrogen) atoms. The Hall–Kier alpha value is -1.44. The predicted molar refractivity (Wildman–Crippen MR) is 66.1 cm³/mol. The van der Waals surface area contributed by atoms with Crippen LogP contribution in [0.2, 0.25) is 0 Å². The molecule has 1 heterocycles. The molecule has 0 amide bonds. The quantitative estimate of drug-likeness (QED) is 0.668. The van der Waals surface area contributed by atoms with E-state index in [1.165, 1.54) is 14.2 Å². The molecule has 8 heteroatoms. The Bertz CT molecular complexity index is 452. The van der Waals surface area contributed by atoms with Crippen molar-refractivity contribution in [2.24, 2.45) is 0 Å². The van der Waals surface area contributed by atoms with Crippen molar-refractivity contribution in [2.45, 2.75) is 17.6 Å². The number of methoxy groups -OCH3 is 1. The van der Waals surface area contributed by atoms with Gasteiger partial charge in [0.1, 0.15) is 5.82 Å². The van der Waals surface area contributed by atoms with Gasteiger partial charge in [-0.05, 0) is 12.1 Å². The van der Waals surface area contributed by atoms with E-state index in [-0.39, 0.29) is 17.3 Å². The van der Waals surface area contributed by atoms with E-state index >= 15 is 0 Å². The standard InChI is InChI=1S/C11H13F3N2O2S/c1-15-8-5-7(11(12,13)14)6-9(16-8)19-4-3-10(17)18-2/h5-6H,3-4H2,1-2H3,(H,15,16). The lowest BCUT2D eigenvalue weighted by atomic mass is 10.2. The number of anilines is 1. The number of nitrogens with zero attached hydrogens (tertiary/aromatic N) is 1. The molecule has 1 rings (SSSR count). The van der Waals surface area contributed by atoms with E-state index in [0.717, 1.165) is 23.9 Å². The third-order valence-electron chi connectivity index (χ3n) is 2.17. The first kappa shape index (κ1) is 15.6. The molecule has 106 valence electrons. The second-order valence-corrected chi connectivity index (χ2v) is 4.62. The Morgan fingerprint density at radius 3 is 2.68 bits per heavy atom. The van der Waals surface area contributed by atoms with Crippen LogP contribution in [0.15, 0.2) is 17.2 Å². The summed E-state index contributed by atoms with van der Waals surface area (Å²) in [5.74, 6) is 0.0353. The summed E-state index contributed by atoms with van der Waals surface area (Å²) in [6, 6.07) is 1.90. The van der Waals surface area contributed by atoms with Crippen molar-refractivity contribution in [3.05, 3.63) is 17.7 Å². The zero-order valence-electron chi connectivity index (χ0n) is 10.4. The normalized spacial score (nSPS) is 11.2. The number of hydrogen-bond acceptors (Lipinski definition) is 5. The van der Waals surface area contributed by atoms with Crippen molar-refractivity contribution in [3.63, 3.8) is 0 Å². The van der Waals surface area contributed by atoms with Crippen LogP contribution < -0.4 is 5.32 Å². The molecule has 0 unspecified atom stereocenters. The van der Waals surface area contributed by atoms with E-state index in [9.17, 15) is 18.0 Å². The van der Waals surface area contributed by atoms with Crippen molar-refractivity contribution in [1.82, 2.24) is 4.98 Å². The number of nitrogens with one attached hydrogen (secondary N) is 1. The maximum absolute atomic E-state index is 12.7. The highest BCUT2D eigenvalue weighted by Gasteiger charge is 2.31. The molecule has 0 atom stereocenters. The number of hydrogen-bond donors (Lipinski definition) is 1. The SMILES string of the molecule is CNc1cc(C(F)(F)F)cc(SCCC(=O)OC)n1. The Morgan fingerprint density at radius 2 is 2.16 bits per heavy atom. The van der Waals surface area contributed by atoms with Crippen LogP contribution in [0.1, 0.15) is 12.0 Å². The molecule has 4 nitrogen and oxygen atoms in total. The molecule has 0 spiro atoms. The number of alkyl halides is 3. The van der Waals surface area contributed by atoms with Crippen molar-refractivity contribution in [3.8, 4) is 0 Å². The smallest absolute Gasteiger partial charge is 0.416 e. The maximum Gasteiger partial charge on any atom is 0.416 e. The maximum atomic E-state index is 12.7. The first-order chi connectivity index (χ1) is 8.86. The number of aromatic nitrogens is 1. The van der Waals surface area contributed by atoms with Gasteiger partial charge in [0.05, 0.1) is 24.1 Å². The fraction of sp³-hybridized carbons (Fsp3) is 0.455. The summed E-state index contributed by atoms with van der Waals surface area (Å²) >= 11 is 1.07. The summed E-state index contributed by atoms with van der Waals surface area (Å²) in [5, 5.41) is 2.79. The highest BCUT2D eigenvalue weighted by atomic mass is 32.2. The van der Waals surface area contributed by atoms with Gasteiger partial charge in [-0.15, -0.1) is 11.8 Å². The van der Waals surface area contributed by atoms with Crippen LogP contribution in [-0.2, 0) is 15.7 Å². The van der Waals surface area contributed by atoms with Crippen molar-refractivity contribution in [2.75, 3.05) is 25.2 Å². The van der Waals surface area contributed by atoms with Crippen LogP contribution in [0.4, 0.5) is 19.0 Å². The molecule has 1 N–H and O–H groups in total. The molecule has 1 aromatic heterocycles. The van der Waals surface area contributed by atoms with E-state index in [4.69, 9.17) is 0 Å². The summed E-state index contributed by atoms with van der Waals surface area (Å²) in [6.45, 7) is 0. The zero-order valence-corrected chi connectivity index (χ0v) is 11.2. The lowest BCUT2D eigenvalue weighted by Crippen LogP contribution is -2.07. The van der Waals surface area contributed by atoms with E-state index in [1.54, 1.807) is 0 Å². The number of carbonyl (C=O) groups is 1. The molecule has 0 aromatic carbocycles. The lowest BCUT2D eigenvalue weighted by Gasteiger charge is -2.10. The third-order valence-corrected chi connectivity index (χ3v) is 3.08. The second kappa shape index (κ2) is 6.65. The zero-order chi connectivity index (χ0) is 14.5. The Balaban J connectivity index is 2.80. The van der Waals surface area contributed by atoms with E-state index in [0.29, 0.717) is 5.75 Å². The number of rotatable bonds is 5. The Kier molecular flexibility index (Phi) is 5.46. The summed E-state index contributed by atoms with van der Waals surface area (Å²) in [7, 11) is 2.75. The van der Waals surface area contributed by atoms with Gasteiger partial charge >= 0.3 is 12.1 Å². The molecule has 0 aliphatic carbocycles. The minimum absolute atomic E-state index is 0.119. The van der Waals surface area contributed by atoms with Gasteiger partial charge in [-0.3, -0.25) is 4.79 Å². The minimum atomic E-state index is -4.42. The van der Waals surface area contributed by atoms with Crippen molar-refractivity contribution in [1.29, 1.82) is 0 Å². The van der Waals surface area contributed by atoms with Crippen molar-refractivity contribution < 1.29 is 22.7 Å². The average molecular weight is 294 g/mol. The van der Waals surface area contributed by atoms with Gasteiger partial charge in [-0.2, -0.15) is 13.2 Å². The molecular formula is C11H13F3N2O2S. The first-order valence-corrected chi connectivity index (χ1v) is 6.32. The van der Waals surface area contributed by atoms with Crippen LogP contribution in [0, 0.1) is 0 Å². The number of carbonyl (C=O) groups excluding carboxylic acids is 1. The fourth-order valence-corrected chi connectivity index (χ4v) is 2.06. The van der Waals surface area contributed by atoms with Gasteiger partial charge in [-0.25, -0.2) is 4.98 Å². The van der Waals surface area contributed by atoms with Crippen molar-refractivity contribution >= 4 is 23.5 Å². The van der Waals surface area contributed by atoms with Crippen LogP contribution in [0.3, 0.4) is 0 Å². The first-order valence-electron chi connectivity index (χ1n) is 5.33. The average Bonchev–Trinajstić information content (AvgIpc) is 2.37. The van der Waals surface area contributed by atoms with Gasteiger partial charge in [-0.1, -0.05) is 0 Å². The van der Waals surface area contributed by atoms with Gasteiger partial charge in [0.2, 0.25) is 0 Å². The topological polar surface area (TPSA) is 51.2 Å². The van der Waals surface area contributed by atoms with Crippen LogP contribution in [0.25, 0.3) is 0 Å². The largest absolute Gasteiger partial charge is 0.469 e. The highest BCUT2D eigenvalue weighted by molar-refractivity contribution is 7.99. The van der Waals surface area contributed by atoms with Crippen LogP contribution in [-0.4, -0.2) is 30.9 Å². The molecule has 1 aromatic rings. The van der Waals surface area contributed by atoms with Crippen LogP contribution in [0.5, 0.6) is 0 Å². The molecular weight excluding hydrogens is 281 g/mol. The van der Waals surface area contributed by atoms with Gasteiger partial charge in [0, 0.05) is 12.8 Å². The second-order valence-electron chi connectivity index (χ2n) is 3.50. The lowest BCUT2D eigenvalue weighted by molar-refractivity contribution is -0.140. The molecule has 0 bridgehead atoms.